The lowest BCUT2D eigenvalue weighted by molar-refractivity contribution is -0.137. The quantitative estimate of drug-likeness (QED) is 0.767. The molecular weight excluding hydrogens is 325 g/mol. The van der Waals surface area contributed by atoms with Crippen molar-refractivity contribution in [3.8, 4) is 34.4 Å². The second kappa shape index (κ2) is 5.84. The van der Waals surface area contributed by atoms with E-state index >= 15 is 0 Å². The summed E-state index contributed by atoms with van der Waals surface area (Å²) in [5, 5.41) is 16.2. The van der Waals surface area contributed by atoms with Gasteiger partial charge in [-0.25, -0.2) is 4.98 Å². The lowest BCUT2D eigenvalue weighted by Gasteiger charge is -2.09. The van der Waals surface area contributed by atoms with E-state index in [0.717, 1.165) is 6.07 Å². The van der Waals surface area contributed by atoms with E-state index in [2.05, 4.69) is 20.2 Å². The molecule has 0 saturated carbocycles. The van der Waals surface area contributed by atoms with Crippen LogP contribution in [-0.4, -0.2) is 32.4 Å². The first-order chi connectivity index (χ1) is 11.4. The Bertz CT molecular complexity index is 877. The van der Waals surface area contributed by atoms with E-state index in [1.54, 1.807) is 0 Å². The summed E-state index contributed by atoms with van der Waals surface area (Å²) in [4.78, 5) is 7.75. The van der Waals surface area contributed by atoms with Crippen molar-refractivity contribution in [1.82, 2.24) is 20.2 Å². The van der Waals surface area contributed by atoms with Gasteiger partial charge in [-0.05, 0) is 30.3 Å². The van der Waals surface area contributed by atoms with Crippen LogP contribution in [0.15, 0.2) is 36.5 Å². The third-order valence-electron chi connectivity index (χ3n) is 3.27. The number of rotatable bonds is 3. The maximum Gasteiger partial charge on any atom is 0.418 e. The molecule has 0 aliphatic heterocycles. The molecule has 1 aromatic carbocycles. The van der Waals surface area contributed by atoms with Crippen molar-refractivity contribution in [3.05, 3.63) is 42.1 Å². The maximum atomic E-state index is 13.1. The molecule has 0 spiro atoms. The van der Waals surface area contributed by atoms with Gasteiger partial charge in [0, 0.05) is 6.20 Å². The van der Waals surface area contributed by atoms with Crippen molar-refractivity contribution >= 4 is 0 Å². The van der Waals surface area contributed by atoms with Crippen molar-refractivity contribution in [2.75, 3.05) is 7.11 Å². The lowest BCUT2D eigenvalue weighted by Crippen LogP contribution is -2.08. The second-order valence-corrected chi connectivity index (χ2v) is 4.79. The third-order valence-corrected chi connectivity index (χ3v) is 3.27. The molecule has 3 rings (SSSR count). The van der Waals surface area contributed by atoms with Crippen LogP contribution in [0.1, 0.15) is 5.56 Å². The number of hydrogen-bond donors (Lipinski definition) is 2. The minimum atomic E-state index is -4.57. The van der Waals surface area contributed by atoms with Gasteiger partial charge < -0.3 is 9.84 Å². The highest BCUT2D eigenvalue weighted by molar-refractivity contribution is 5.68. The van der Waals surface area contributed by atoms with Crippen LogP contribution >= 0.6 is 0 Å². The number of aromatic hydroxyl groups is 1. The van der Waals surface area contributed by atoms with Crippen LogP contribution in [-0.2, 0) is 6.18 Å². The molecule has 2 heterocycles. The highest BCUT2D eigenvalue weighted by Crippen LogP contribution is 2.36. The molecular formula is C15H11F3N4O2. The van der Waals surface area contributed by atoms with Crippen molar-refractivity contribution < 1.29 is 23.0 Å². The number of hydrogen-bond acceptors (Lipinski definition) is 5. The minimum Gasteiger partial charge on any atom is -0.507 e. The average Bonchev–Trinajstić information content (AvgIpc) is 3.04. The monoisotopic (exact) mass is 336 g/mol. The highest BCUT2D eigenvalue weighted by Gasteiger charge is 2.35. The fraction of sp³-hybridized carbons (Fsp3) is 0.133. The molecule has 0 bridgehead atoms. The average molecular weight is 336 g/mol. The molecule has 0 amide bonds. The number of halogens is 3. The molecule has 0 atom stereocenters. The summed E-state index contributed by atoms with van der Waals surface area (Å²) in [7, 11) is 1.45. The summed E-state index contributed by atoms with van der Waals surface area (Å²) in [6, 6.07) is 6.50. The van der Waals surface area contributed by atoms with Gasteiger partial charge in [0.15, 0.2) is 11.6 Å². The molecule has 2 N–H and O–H groups in total. The Kier molecular flexibility index (Phi) is 3.84. The molecule has 24 heavy (non-hydrogen) atoms. The minimum absolute atomic E-state index is 0.0279. The van der Waals surface area contributed by atoms with Gasteiger partial charge in [-0.15, -0.1) is 0 Å². The number of benzene rings is 1. The maximum absolute atomic E-state index is 13.1. The van der Waals surface area contributed by atoms with Crippen LogP contribution in [0, 0.1) is 0 Å². The predicted octanol–water partition coefficient (Wildman–Crippen LogP) is 3.27. The zero-order valence-electron chi connectivity index (χ0n) is 12.3. The predicted molar refractivity (Wildman–Crippen MR) is 78.3 cm³/mol. The highest BCUT2D eigenvalue weighted by atomic mass is 19.4. The molecule has 9 heteroatoms. The zero-order valence-corrected chi connectivity index (χ0v) is 12.3. The smallest absolute Gasteiger partial charge is 0.418 e. The summed E-state index contributed by atoms with van der Waals surface area (Å²) in [5.41, 5.74) is -1.07. The van der Waals surface area contributed by atoms with Gasteiger partial charge in [0.2, 0.25) is 0 Å². The van der Waals surface area contributed by atoms with E-state index in [1.165, 1.54) is 37.6 Å². The number of alkyl halides is 3. The molecule has 0 radical (unpaired) electrons. The van der Waals surface area contributed by atoms with Crippen molar-refractivity contribution in [1.29, 1.82) is 0 Å². The van der Waals surface area contributed by atoms with E-state index in [1.807, 2.05) is 0 Å². The molecule has 3 aromatic rings. The number of ether oxygens (including phenoxy) is 1. The summed E-state index contributed by atoms with van der Waals surface area (Å²) in [6.45, 7) is 0. The van der Waals surface area contributed by atoms with Gasteiger partial charge in [0.05, 0.1) is 18.2 Å². The largest absolute Gasteiger partial charge is 0.507 e. The molecule has 0 fully saturated rings. The Balaban J connectivity index is 2.07. The Labute approximate surface area is 134 Å². The summed E-state index contributed by atoms with van der Waals surface area (Å²) >= 11 is 0. The lowest BCUT2D eigenvalue weighted by atomic mass is 10.1. The first-order valence-corrected chi connectivity index (χ1v) is 6.72. The molecule has 0 saturated heterocycles. The van der Waals surface area contributed by atoms with Gasteiger partial charge in [-0.3, -0.25) is 10.1 Å². The Morgan fingerprint density at radius 3 is 2.71 bits per heavy atom. The Morgan fingerprint density at radius 2 is 2.00 bits per heavy atom. The zero-order chi connectivity index (χ0) is 17.3. The first kappa shape index (κ1) is 15.8. The fourth-order valence-electron chi connectivity index (χ4n) is 2.13. The Morgan fingerprint density at radius 1 is 1.21 bits per heavy atom. The van der Waals surface area contributed by atoms with Crippen LogP contribution in [0.2, 0.25) is 0 Å². The third kappa shape index (κ3) is 2.87. The van der Waals surface area contributed by atoms with Gasteiger partial charge in [0.1, 0.15) is 17.2 Å². The van der Waals surface area contributed by atoms with E-state index in [0.29, 0.717) is 5.75 Å². The van der Waals surface area contributed by atoms with Gasteiger partial charge in [-0.2, -0.15) is 18.3 Å². The number of nitrogens with one attached hydrogen (secondary N) is 1. The van der Waals surface area contributed by atoms with Crippen LogP contribution in [0.5, 0.6) is 11.5 Å². The normalized spacial score (nSPS) is 11.5. The molecule has 2 aromatic heterocycles. The number of methoxy groups -OCH3 is 1. The SMILES string of the molecule is COc1ccc(O)c(-c2n[nH]c(-c3ncccc3C(F)(F)F)n2)c1. The number of aromatic nitrogens is 4. The molecule has 124 valence electrons. The van der Waals surface area contributed by atoms with Crippen LogP contribution in [0.3, 0.4) is 0 Å². The van der Waals surface area contributed by atoms with Crippen molar-refractivity contribution in [3.63, 3.8) is 0 Å². The topological polar surface area (TPSA) is 83.9 Å². The molecule has 6 nitrogen and oxygen atoms in total. The first-order valence-electron chi connectivity index (χ1n) is 6.72. The second-order valence-electron chi connectivity index (χ2n) is 4.79. The molecule has 0 unspecified atom stereocenters. The van der Waals surface area contributed by atoms with Crippen molar-refractivity contribution in [2.45, 2.75) is 6.18 Å². The van der Waals surface area contributed by atoms with E-state index in [9.17, 15) is 18.3 Å². The number of H-pyrrole nitrogens is 1. The van der Waals surface area contributed by atoms with Crippen LogP contribution < -0.4 is 4.74 Å². The number of nitrogens with zero attached hydrogens (tertiary/aromatic N) is 3. The van der Waals surface area contributed by atoms with Crippen molar-refractivity contribution in [2.24, 2.45) is 0 Å². The number of phenolic OH excluding ortho intramolecular Hbond substituents is 1. The number of aromatic amines is 1. The van der Waals surface area contributed by atoms with Crippen LogP contribution in [0.4, 0.5) is 13.2 Å². The van der Waals surface area contributed by atoms with Gasteiger partial charge in [-0.1, -0.05) is 0 Å². The molecule has 0 aliphatic carbocycles. The van der Waals surface area contributed by atoms with E-state index in [4.69, 9.17) is 4.74 Å². The Hall–Kier alpha value is -3.10. The van der Waals surface area contributed by atoms with Gasteiger partial charge >= 0.3 is 6.18 Å². The summed E-state index contributed by atoms with van der Waals surface area (Å²) in [6.07, 6.45) is -3.34. The van der Waals surface area contributed by atoms with Gasteiger partial charge in [0.25, 0.3) is 0 Å². The standard InChI is InChI=1S/C15H11F3N4O2/c1-24-8-4-5-11(23)9(7-8)13-20-14(22-21-13)12-10(15(16,17)18)3-2-6-19-12/h2-7,23H,1H3,(H,20,21,22). The fourth-order valence-corrected chi connectivity index (χ4v) is 2.13. The summed E-state index contributed by atoms with van der Waals surface area (Å²) < 4.78 is 44.3. The summed E-state index contributed by atoms with van der Waals surface area (Å²) in [5.74, 6) is 0.196. The number of phenols is 1. The van der Waals surface area contributed by atoms with E-state index in [-0.39, 0.29) is 28.7 Å². The molecule has 0 aliphatic rings. The number of pyridine rings is 1. The van der Waals surface area contributed by atoms with Crippen LogP contribution in [0.25, 0.3) is 22.9 Å². The van der Waals surface area contributed by atoms with E-state index < -0.39 is 11.7 Å².